The quantitative estimate of drug-likeness (QED) is 0.377. The number of furan rings is 1. The molecule has 1 aliphatic heterocycles. The average molecular weight is 435 g/mol. The second-order valence-corrected chi connectivity index (χ2v) is 8.66. The molecule has 0 radical (unpaired) electrons. The molecule has 0 unspecified atom stereocenters. The van der Waals surface area contributed by atoms with E-state index in [1.165, 1.54) is 19.2 Å². The van der Waals surface area contributed by atoms with Gasteiger partial charge in [0.05, 0.1) is 13.7 Å². The van der Waals surface area contributed by atoms with Crippen molar-refractivity contribution in [1.29, 1.82) is 0 Å². The molecule has 3 heterocycles. The minimum atomic E-state index is -0.625. The topological polar surface area (TPSA) is 93.8 Å². The van der Waals surface area contributed by atoms with E-state index in [4.69, 9.17) is 4.42 Å². The van der Waals surface area contributed by atoms with Gasteiger partial charge < -0.3 is 19.0 Å². The summed E-state index contributed by atoms with van der Waals surface area (Å²) in [5.41, 5.74) is 2.97. The van der Waals surface area contributed by atoms with Crippen LogP contribution in [-0.4, -0.2) is 34.5 Å². The van der Waals surface area contributed by atoms with Gasteiger partial charge in [0.25, 0.3) is 5.91 Å². The number of urea groups is 1. The number of aromatic nitrogens is 1. The molecule has 0 atom stereocenters. The van der Waals surface area contributed by atoms with Gasteiger partial charge in [-0.15, -0.1) is 0 Å². The van der Waals surface area contributed by atoms with Crippen molar-refractivity contribution < 1.29 is 23.5 Å². The molecule has 0 spiro atoms. The Hall–Kier alpha value is -3.81. The molecular formula is C24H25N3O5. The average Bonchev–Trinajstić information content (AvgIpc) is 3.39. The van der Waals surface area contributed by atoms with Gasteiger partial charge in [-0.3, -0.25) is 9.69 Å². The standard InChI is InChI=1S/C24H25N3O5/c1-14-17(16-8-6-7-9-19(16)27(14)24(2,3)4)12-18-21(28)26(23(30)25-18)13-15-10-11-20(32-15)22(29)31-5/h6-12H,13H2,1-5H3,(H,25,30)/b18-12-. The van der Waals surface area contributed by atoms with E-state index in [-0.39, 0.29) is 23.5 Å². The number of amides is 3. The number of esters is 1. The summed E-state index contributed by atoms with van der Waals surface area (Å²) in [6.07, 6.45) is 1.72. The van der Waals surface area contributed by atoms with Gasteiger partial charge in [0.15, 0.2) is 0 Å². The fourth-order valence-electron chi connectivity index (χ4n) is 4.13. The number of carbonyl (C=O) groups excluding carboxylic acids is 3. The molecule has 166 valence electrons. The van der Waals surface area contributed by atoms with E-state index in [1.54, 1.807) is 6.08 Å². The van der Waals surface area contributed by atoms with E-state index in [0.717, 1.165) is 27.1 Å². The molecule has 4 rings (SSSR count). The van der Waals surface area contributed by atoms with Crippen LogP contribution in [0.4, 0.5) is 4.79 Å². The van der Waals surface area contributed by atoms with Crippen LogP contribution in [-0.2, 0) is 21.6 Å². The molecule has 0 saturated carbocycles. The van der Waals surface area contributed by atoms with Crippen molar-refractivity contribution >= 4 is 34.9 Å². The SMILES string of the molecule is COC(=O)c1ccc(CN2C(=O)N/C(=C\c3c(C)n(C(C)(C)C)c4ccccc34)C2=O)o1. The number of imide groups is 1. The minimum absolute atomic E-state index is 0.0101. The molecule has 1 aliphatic rings. The summed E-state index contributed by atoms with van der Waals surface area (Å²) in [7, 11) is 1.25. The third-order valence-electron chi connectivity index (χ3n) is 5.44. The molecule has 1 fully saturated rings. The van der Waals surface area contributed by atoms with Crippen molar-refractivity contribution in [3.63, 3.8) is 0 Å². The highest BCUT2D eigenvalue weighted by molar-refractivity contribution is 6.14. The Bertz CT molecular complexity index is 1270. The molecular weight excluding hydrogens is 410 g/mol. The van der Waals surface area contributed by atoms with Gasteiger partial charge >= 0.3 is 12.0 Å². The predicted octanol–water partition coefficient (Wildman–Crippen LogP) is 4.18. The number of hydrogen-bond acceptors (Lipinski definition) is 5. The first kappa shape index (κ1) is 21.4. The molecule has 0 bridgehead atoms. The summed E-state index contributed by atoms with van der Waals surface area (Å²) in [5.74, 6) is -0.774. The van der Waals surface area contributed by atoms with E-state index in [1.807, 2.05) is 31.2 Å². The number of methoxy groups -OCH3 is 1. The molecule has 1 N–H and O–H groups in total. The molecule has 3 aromatic rings. The van der Waals surface area contributed by atoms with Crippen molar-refractivity contribution in [2.24, 2.45) is 0 Å². The van der Waals surface area contributed by atoms with Gasteiger partial charge in [0.2, 0.25) is 5.76 Å². The number of rotatable bonds is 4. The normalized spacial score (nSPS) is 15.7. The molecule has 1 saturated heterocycles. The summed E-state index contributed by atoms with van der Waals surface area (Å²) in [4.78, 5) is 38.1. The van der Waals surface area contributed by atoms with Crippen LogP contribution < -0.4 is 5.32 Å². The monoisotopic (exact) mass is 435 g/mol. The Morgan fingerprint density at radius 2 is 1.88 bits per heavy atom. The number of benzene rings is 1. The van der Waals surface area contributed by atoms with Crippen LogP contribution in [0, 0.1) is 6.92 Å². The first-order valence-corrected chi connectivity index (χ1v) is 10.2. The zero-order valence-corrected chi connectivity index (χ0v) is 18.7. The largest absolute Gasteiger partial charge is 0.463 e. The highest BCUT2D eigenvalue weighted by atomic mass is 16.5. The highest BCUT2D eigenvalue weighted by Gasteiger charge is 2.35. The number of carbonyl (C=O) groups is 3. The summed E-state index contributed by atoms with van der Waals surface area (Å²) < 4.78 is 12.2. The first-order valence-electron chi connectivity index (χ1n) is 10.2. The highest BCUT2D eigenvalue weighted by Crippen LogP contribution is 2.33. The van der Waals surface area contributed by atoms with Gasteiger partial charge in [-0.25, -0.2) is 9.59 Å². The van der Waals surface area contributed by atoms with E-state index >= 15 is 0 Å². The molecule has 8 heteroatoms. The Balaban J connectivity index is 1.68. The van der Waals surface area contributed by atoms with Crippen LogP contribution in [0.5, 0.6) is 0 Å². The molecule has 2 aromatic heterocycles. The van der Waals surface area contributed by atoms with Crippen molar-refractivity contribution in [3.05, 3.63) is 64.9 Å². The lowest BCUT2D eigenvalue weighted by molar-refractivity contribution is -0.123. The molecule has 3 amide bonds. The third-order valence-corrected chi connectivity index (χ3v) is 5.44. The zero-order valence-electron chi connectivity index (χ0n) is 18.7. The van der Waals surface area contributed by atoms with Crippen molar-refractivity contribution in [1.82, 2.24) is 14.8 Å². The molecule has 1 aromatic carbocycles. The lowest BCUT2D eigenvalue weighted by Crippen LogP contribution is -2.30. The number of nitrogens with one attached hydrogen (secondary N) is 1. The Kier molecular flexibility index (Phi) is 5.16. The number of fused-ring (bicyclic) bond motifs is 1. The molecule has 0 aliphatic carbocycles. The first-order chi connectivity index (χ1) is 15.1. The second kappa shape index (κ2) is 7.71. The van der Waals surface area contributed by atoms with Gasteiger partial charge in [0, 0.05) is 27.7 Å². The van der Waals surface area contributed by atoms with E-state index in [0.29, 0.717) is 5.76 Å². The van der Waals surface area contributed by atoms with Crippen molar-refractivity contribution in [2.45, 2.75) is 39.8 Å². The van der Waals surface area contributed by atoms with Gasteiger partial charge in [0.1, 0.15) is 11.5 Å². The summed E-state index contributed by atoms with van der Waals surface area (Å²) in [5, 5.41) is 3.66. The maximum absolute atomic E-state index is 13.0. The Labute approximate surface area is 185 Å². The van der Waals surface area contributed by atoms with E-state index in [9.17, 15) is 14.4 Å². The van der Waals surface area contributed by atoms with Crippen LogP contribution in [0.2, 0.25) is 0 Å². The Morgan fingerprint density at radius 1 is 1.16 bits per heavy atom. The third kappa shape index (κ3) is 3.57. The van der Waals surface area contributed by atoms with Gasteiger partial charge in [-0.1, -0.05) is 18.2 Å². The lowest BCUT2D eigenvalue weighted by Gasteiger charge is -2.25. The summed E-state index contributed by atoms with van der Waals surface area (Å²) >= 11 is 0. The van der Waals surface area contributed by atoms with Crippen LogP contribution in [0.15, 0.2) is 46.5 Å². The number of hydrogen-bond donors (Lipinski definition) is 1. The maximum Gasteiger partial charge on any atom is 0.373 e. The maximum atomic E-state index is 13.0. The predicted molar refractivity (Wildman–Crippen MR) is 119 cm³/mol. The minimum Gasteiger partial charge on any atom is -0.463 e. The van der Waals surface area contributed by atoms with Crippen LogP contribution in [0.1, 0.15) is 48.3 Å². The number of nitrogens with zero attached hydrogens (tertiary/aromatic N) is 2. The lowest BCUT2D eigenvalue weighted by atomic mass is 10.1. The van der Waals surface area contributed by atoms with Crippen molar-refractivity contribution in [3.8, 4) is 0 Å². The van der Waals surface area contributed by atoms with Crippen LogP contribution in [0.25, 0.3) is 17.0 Å². The van der Waals surface area contributed by atoms with Gasteiger partial charge in [-0.05, 0) is 52.0 Å². The van der Waals surface area contributed by atoms with Crippen molar-refractivity contribution in [2.75, 3.05) is 7.11 Å². The molecule has 8 nitrogen and oxygen atoms in total. The number of ether oxygens (including phenoxy) is 1. The van der Waals surface area contributed by atoms with E-state index in [2.05, 4.69) is 35.4 Å². The fourth-order valence-corrected chi connectivity index (χ4v) is 4.13. The second-order valence-electron chi connectivity index (χ2n) is 8.66. The number of para-hydroxylation sites is 1. The van der Waals surface area contributed by atoms with Crippen LogP contribution in [0.3, 0.4) is 0 Å². The van der Waals surface area contributed by atoms with E-state index < -0.39 is 17.9 Å². The summed E-state index contributed by atoms with van der Waals surface area (Å²) in [6.45, 7) is 8.29. The smallest absolute Gasteiger partial charge is 0.373 e. The van der Waals surface area contributed by atoms with Crippen LogP contribution >= 0.6 is 0 Å². The molecule has 32 heavy (non-hydrogen) atoms. The fraction of sp³-hybridized carbons (Fsp3) is 0.292. The Morgan fingerprint density at radius 3 is 2.56 bits per heavy atom. The summed E-state index contributed by atoms with van der Waals surface area (Å²) in [6, 6.07) is 10.4. The zero-order chi connectivity index (χ0) is 23.2. The van der Waals surface area contributed by atoms with Gasteiger partial charge in [-0.2, -0.15) is 0 Å².